The first kappa shape index (κ1) is 91.7. The summed E-state index contributed by atoms with van der Waals surface area (Å²) in [6.07, 6.45) is 1.93. The summed E-state index contributed by atoms with van der Waals surface area (Å²) >= 11 is 0. The summed E-state index contributed by atoms with van der Waals surface area (Å²) in [5.41, 5.74) is 46.5. The number of nitrogens with two attached hydrogens (primary N) is 8. The fraction of sp³-hybridized carbons (Fsp3) is 0.662. The first-order valence-electron chi connectivity index (χ1n) is 37.2. The molecule has 1 aromatic heterocycles. The Hall–Kier alpha value is -10.5. The Morgan fingerprint density at radius 3 is 1.02 bits per heavy atom. The third-order valence-corrected chi connectivity index (χ3v) is 18.5. The van der Waals surface area contributed by atoms with E-state index in [1.54, 1.807) is 114 Å². The maximum absolute atomic E-state index is 15.3. The summed E-state index contributed by atoms with van der Waals surface area (Å²) in [6, 6.07) is -9.64. The van der Waals surface area contributed by atoms with Crippen LogP contribution in [0.5, 0.6) is 0 Å². The molecule has 1 aliphatic heterocycles. The quantitative estimate of drug-likeness (QED) is 0.0239. The van der Waals surface area contributed by atoms with E-state index in [0.29, 0.717) is 22.9 Å². The van der Waals surface area contributed by atoms with Gasteiger partial charge in [-0.2, -0.15) is 0 Å². The van der Waals surface area contributed by atoms with Gasteiger partial charge in [0.2, 0.25) is 70.9 Å². The number of amides is 12. The van der Waals surface area contributed by atoms with Gasteiger partial charge in [0.25, 0.3) is 0 Å². The number of carbonyl (C=O) groups excluding carboxylic acids is 12. The smallest absolute Gasteiger partial charge is 0.243 e. The van der Waals surface area contributed by atoms with Crippen molar-refractivity contribution >= 4 is 106 Å². The van der Waals surface area contributed by atoms with Crippen molar-refractivity contribution in [1.29, 1.82) is 0 Å². The van der Waals surface area contributed by atoms with Crippen molar-refractivity contribution in [1.82, 2.24) is 68.8 Å². The third-order valence-electron chi connectivity index (χ3n) is 18.5. The van der Waals surface area contributed by atoms with Gasteiger partial charge in [0.15, 0.2) is 23.8 Å². The summed E-state index contributed by atoms with van der Waals surface area (Å²) in [6.45, 7) is 21.7. The second kappa shape index (κ2) is 45.9. The lowest BCUT2D eigenvalue weighted by Crippen LogP contribution is -2.63. The van der Waals surface area contributed by atoms with Gasteiger partial charge in [-0.1, -0.05) is 114 Å². The van der Waals surface area contributed by atoms with E-state index >= 15 is 14.4 Å². The molecule has 108 heavy (non-hydrogen) atoms. The molecule has 1 saturated heterocycles. The van der Waals surface area contributed by atoms with Gasteiger partial charge in [-0.25, -0.2) is 0 Å². The Bertz CT molecular complexity index is 3470. The van der Waals surface area contributed by atoms with Crippen LogP contribution in [0.25, 0.3) is 10.9 Å². The summed E-state index contributed by atoms with van der Waals surface area (Å²) in [5, 5.41) is 33.7. The van der Waals surface area contributed by atoms with Crippen LogP contribution in [0.3, 0.4) is 0 Å². The largest absolute Gasteiger partial charge is 0.370 e. The van der Waals surface area contributed by atoms with E-state index in [4.69, 9.17) is 45.9 Å². The number of fused-ring (bicyclic) bond motifs is 1. The molecule has 0 spiro atoms. The van der Waals surface area contributed by atoms with Crippen LogP contribution in [0.1, 0.15) is 166 Å². The Morgan fingerprint density at radius 1 is 0.361 bits per heavy atom. The number of guanidine groups is 4. The van der Waals surface area contributed by atoms with Gasteiger partial charge >= 0.3 is 0 Å². The SMILES string of the molecule is CC[C@H](C)[C@@H]1NC(=O)[C@H](CCCN=C(N)N)NC(=O)[C@H](C(C)C)NC(=O)[C@H](C)NC(=O)[C@H](C(C)C)NC(=O)[C@H]([C@@H](C)CC)NC(=O)[C@H](CC(C)C)NC(=O)[C@H](CCCN=C(N)N)NC(=O)[C@H](C(C)C)NC(=O)[C@H](CCCN=C(N)N)NC(=O)[C@H](CCCN=C(N)N)NC(=O)[C@H](Cc2c[nH]c3ccccc23)NC1=O. The van der Waals surface area contributed by atoms with E-state index < -0.39 is 173 Å². The van der Waals surface area contributed by atoms with E-state index in [1.807, 2.05) is 0 Å². The van der Waals surface area contributed by atoms with Crippen LogP contribution < -0.4 is 110 Å². The van der Waals surface area contributed by atoms with Crippen LogP contribution >= 0.6 is 0 Å². The van der Waals surface area contributed by atoms with E-state index in [1.165, 1.54) is 6.92 Å². The number of hydrogen-bond donors (Lipinski definition) is 21. The van der Waals surface area contributed by atoms with Crippen LogP contribution in [0.4, 0.5) is 0 Å². The minimum Gasteiger partial charge on any atom is -0.370 e. The standard InChI is InChI=1S/C71H123N25O12/c1-14-39(11)54-66(107)91-50(33-42-34-84-44-23-17-16-22-43(42)44)61(102)87-45(24-18-28-80-68(72)73)57(98)86-47(26-20-30-82-70(76)77)59(100)93-53(38(9)10)65(106)88-46(25-19-29-81-69(74)75)58(99)90-49(32-35(3)4)62(103)96-55(40(12)15-2)67(108)94-51(36(5)6)63(104)85-41(13)56(97)92-52(37(7)8)64(105)89-48(60(101)95-54)27-21-31-83-71(78)79/h16-17,22-23,34-41,45-55,84H,14-15,18-21,24-33H2,1-13H3,(H,85,104)(H,86,98)(H,87,102)(H,88,106)(H,89,105)(H,90,99)(H,91,107)(H,92,97)(H,93,100)(H,94,108)(H,95,101)(H,96,103)(H4,72,73,80)(H4,74,75,81)(H4,76,77,82)(H4,78,79,83)/t39-,40-,41-,45-,46-,47-,48-,49-,50-,51-,52-,53-,54-,55-/m0/s1. The zero-order valence-corrected chi connectivity index (χ0v) is 64.9. The molecule has 3 rings (SSSR count). The van der Waals surface area contributed by atoms with Crippen molar-refractivity contribution in [2.45, 2.75) is 240 Å². The summed E-state index contributed by atoms with van der Waals surface area (Å²) < 4.78 is 0. The lowest BCUT2D eigenvalue weighted by atomic mass is 9.95. The summed E-state index contributed by atoms with van der Waals surface area (Å²) in [4.78, 5) is 197. The lowest BCUT2D eigenvalue weighted by molar-refractivity contribution is -0.137. The Kier molecular flexibility index (Phi) is 38.9. The molecule has 2 heterocycles. The normalized spacial score (nSPS) is 24.2. The highest BCUT2D eigenvalue weighted by Gasteiger charge is 2.40. The molecule has 0 radical (unpaired) electrons. The number of nitrogens with zero attached hydrogens (tertiary/aromatic N) is 4. The zero-order valence-electron chi connectivity index (χ0n) is 64.9. The Balaban J connectivity index is 2.41. The van der Waals surface area contributed by atoms with Crippen LogP contribution in [0, 0.1) is 35.5 Å². The van der Waals surface area contributed by atoms with E-state index in [9.17, 15) is 43.2 Å². The summed E-state index contributed by atoms with van der Waals surface area (Å²) in [5.74, 6) is -14.6. The monoisotopic (exact) mass is 1520 g/mol. The highest BCUT2D eigenvalue weighted by Crippen LogP contribution is 2.22. The molecular weight excluding hydrogens is 1390 g/mol. The molecule has 1 fully saturated rings. The molecule has 14 atom stereocenters. The highest BCUT2D eigenvalue weighted by atomic mass is 16.2. The van der Waals surface area contributed by atoms with E-state index in [0.717, 1.165) is 0 Å². The minimum atomic E-state index is -1.51. The number of aromatic nitrogens is 1. The predicted molar refractivity (Wildman–Crippen MR) is 413 cm³/mol. The number of aromatic amines is 1. The molecule has 1 aliphatic rings. The molecule has 604 valence electrons. The van der Waals surface area contributed by atoms with Gasteiger partial charge in [0, 0.05) is 49.7 Å². The van der Waals surface area contributed by atoms with Gasteiger partial charge in [-0.3, -0.25) is 77.5 Å². The molecule has 0 aliphatic carbocycles. The average molecular weight is 1520 g/mol. The number of hydrogen-bond acceptors (Lipinski definition) is 16. The fourth-order valence-electron chi connectivity index (χ4n) is 11.8. The number of benzene rings is 1. The van der Waals surface area contributed by atoms with Gasteiger partial charge in [-0.15, -0.1) is 0 Å². The van der Waals surface area contributed by atoms with Crippen molar-refractivity contribution < 1.29 is 57.5 Å². The minimum absolute atomic E-state index is 0.00685. The van der Waals surface area contributed by atoms with Crippen LogP contribution in [-0.4, -0.2) is 198 Å². The first-order chi connectivity index (χ1) is 50.8. The fourth-order valence-corrected chi connectivity index (χ4v) is 11.8. The highest BCUT2D eigenvalue weighted by molar-refractivity contribution is 6.01. The van der Waals surface area contributed by atoms with E-state index in [-0.39, 0.29) is 127 Å². The Morgan fingerprint density at radius 2 is 0.648 bits per heavy atom. The molecule has 0 saturated carbocycles. The predicted octanol–water partition coefficient (Wildman–Crippen LogP) is -3.12. The second-order valence-corrected chi connectivity index (χ2v) is 29.0. The van der Waals surface area contributed by atoms with Crippen LogP contribution in [-0.2, 0) is 64.0 Å². The van der Waals surface area contributed by atoms with Gasteiger partial charge in [0.05, 0.1) is 0 Å². The number of nitrogens with one attached hydrogen (secondary N) is 13. The molecule has 29 N–H and O–H groups in total. The van der Waals surface area contributed by atoms with E-state index in [2.05, 4.69) is 88.8 Å². The molecule has 0 bridgehead atoms. The number of H-pyrrole nitrogens is 1. The van der Waals surface area contributed by atoms with Gasteiger partial charge in [0.1, 0.15) is 72.5 Å². The van der Waals surface area contributed by atoms with Crippen molar-refractivity contribution in [2.75, 3.05) is 26.2 Å². The van der Waals surface area contributed by atoms with Crippen molar-refractivity contribution in [3.8, 4) is 0 Å². The first-order valence-corrected chi connectivity index (χ1v) is 37.2. The Labute approximate surface area is 632 Å². The van der Waals surface area contributed by atoms with Crippen LogP contribution in [0.2, 0.25) is 0 Å². The zero-order chi connectivity index (χ0) is 81.2. The van der Waals surface area contributed by atoms with Crippen molar-refractivity contribution in [3.05, 3.63) is 36.0 Å². The summed E-state index contributed by atoms with van der Waals surface area (Å²) in [7, 11) is 0. The molecule has 37 nitrogen and oxygen atoms in total. The number of aliphatic imine (C=N–C) groups is 4. The molecular formula is C71H123N25O12. The maximum atomic E-state index is 15.3. The molecule has 1 aromatic carbocycles. The number of para-hydroxylation sites is 1. The van der Waals surface area contributed by atoms with Crippen molar-refractivity contribution in [3.63, 3.8) is 0 Å². The maximum Gasteiger partial charge on any atom is 0.243 e. The van der Waals surface area contributed by atoms with Crippen LogP contribution in [0.15, 0.2) is 50.4 Å². The third kappa shape index (κ3) is 31.1. The topological polar surface area (TPSA) is 623 Å². The molecule has 37 heteroatoms. The second-order valence-electron chi connectivity index (χ2n) is 29.0. The van der Waals surface area contributed by atoms with Crippen molar-refractivity contribution in [2.24, 2.45) is 101 Å². The molecule has 0 unspecified atom stereocenters. The molecule has 2 aromatic rings. The van der Waals surface area contributed by atoms with Gasteiger partial charge < -0.3 is 115 Å². The van der Waals surface area contributed by atoms with Gasteiger partial charge in [-0.05, 0) is 112 Å². The molecule has 12 amide bonds. The lowest BCUT2D eigenvalue weighted by Gasteiger charge is -2.31. The number of carbonyl (C=O) groups is 12. The average Bonchev–Trinajstić information content (AvgIpc) is 1.63. The number of rotatable bonds is 27.